The average Bonchev–Trinajstić information content (AvgIpc) is 1.99. The zero-order valence-corrected chi connectivity index (χ0v) is 9.67. The molecule has 0 fully saturated rings. The van der Waals surface area contributed by atoms with Gasteiger partial charge in [0.15, 0.2) is 0 Å². The van der Waals surface area contributed by atoms with Crippen LogP contribution in [-0.4, -0.2) is 24.8 Å². The van der Waals surface area contributed by atoms with Gasteiger partial charge in [-0.05, 0) is 31.2 Å². The zero-order valence-electron chi connectivity index (χ0n) is 9.67. The van der Waals surface area contributed by atoms with Crippen molar-refractivity contribution in [2.45, 2.75) is 40.2 Å². The van der Waals surface area contributed by atoms with Crippen LogP contribution in [0.1, 0.15) is 34.1 Å². The van der Waals surface area contributed by atoms with E-state index in [0.29, 0.717) is 24.3 Å². The van der Waals surface area contributed by atoms with E-state index >= 15 is 0 Å². The van der Waals surface area contributed by atoms with Crippen molar-refractivity contribution in [2.75, 3.05) is 13.6 Å². The Morgan fingerprint density at radius 2 is 1.69 bits per heavy atom. The van der Waals surface area contributed by atoms with Crippen molar-refractivity contribution in [3.63, 3.8) is 0 Å². The first-order valence-electron chi connectivity index (χ1n) is 5.31. The molecule has 0 saturated carbocycles. The standard InChI is InChI=1S/C11H25NO/c1-8(2)6-10(9(3)4)11(13)7-12-5/h8-13H,6-7H2,1-5H3/t10-,11-/m1/s1. The quantitative estimate of drug-likeness (QED) is 0.665. The molecule has 0 aliphatic carbocycles. The summed E-state index contributed by atoms with van der Waals surface area (Å²) >= 11 is 0. The van der Waals surface area contributed by atoms with Crippen LogP contribution in [0.15, 0.2) is 0 Å². The molecule has 0 saturated heterocycles. The molecule has 80 valence electrons. The smallest absolute Gasteiger partial charge is 0.0695 e. The van der Waals surface area contributed by atoms with Crippen LogP contribution in [0.2, 0.25) is 0 Å². The highest BCUT2D eigenvalue weighted by Gasteiger charge is 2.22. The third-order valence-electron chi connectivity index (χ3n) is 2.51. The minimum Gasteiger partial charge on any atom is -0.392 e. The molecule has 2 N–H and O–H groups in total. The van der Waals surface area contributed by atoms with E-state index in [4.69, 9.17) is 0 Å². The lowest BCUT2D eigenvalue weighted by atomic mass is 9.83. The van der Waals surface area contributed by atoms with Crippen LogP contribution in [0.3, 0.4) is 0 Å². The lowest BCUT2D eigenvalue weighted by molar-refractivity contribution is 0.0694. The van der Waals surface area contributed by atoms with Crippen molar-refractivity contribution < 1.29 is 5.11 Å². The molecule has 0 spiro atoms. The molecule has 0 aromatic rings. The second-order valence-electron chi connectivity index (χ2n) is 4.66. The van der Waals surface area contributed by atoms with Gasteiger partial charge in [0, 0.05) is 6.54 Å². The summed E-state index contributed by atoms with van der Waals surface area (Å²) in [5.74, 6) is 1.65. The fraction of sp³-hybridized carbons (Fsp3) is 1.00. The molecule has 0 unspecified atom stereocenters. The van der Waals surface area contributed by atoms with E-state index in [2.05, 4.69) is 33.0 Å². The minimum absolute atomic E-state index is 0.201. The fourth-order valence-corrected chi connectivity index (χ4v) is 1.78. The first kappa shape index (κ1) is 12.9. The summed E-state index contributed by atoms with van der Waals surface area (Å²) in [6.45, 7) is 9.50. The minimum atomic E-state index is -0.201. The van der Waals surface area contributed by atoms with Crippen molar-refractivity contribution in [1.82, 2.24) is 5.32 Å². The first-order chi connectivity index (χ1) is 5.99. The highest BCUT2D eigenvalue weighted by Crippen LogP contribution is 2.23. The molecular formula is C11H25NO. The first-order valence-corrected chi connectivity index (χ1v) is 5.31. The summed E-state index contributed by atoms with van der Waals surface area (Å²) < 4.78 is 0. The van der Waals surface area contributed by atoms with E-state index in [9.17, 15) is 5.11 Å². The Morgan fingerprint density at radius 1 is 1.15 bits per heavy atom. The molecule has 0 aromatic carbocycles. The molecular weight excluding hydrogens is 162 g/mol. The van der Waals surface area contributed by atoms with Crippen LogP contribution < -0.4 is 5.32 Å². The third kappa shape index (κ3) is 5.27. The van der Waals surface area contributed by atoms with Crippen LogP contribution in [0.5, 0.6) is 0 Å². The molecule has 2 nitrogen and oxygen atoms in total. The number of hydrogen-bond donors (Lipinski definition) is 2. The van der Waals surface area contributed by atoms with Crippen LogP contribution in [0.25, 0.3) is 0 Å². The molecule has 0 aliphatic heterocycles. The Kier molecular flexibility index (Phi) is 6.35. The molecule has 0 amide bonds. The van der Waals surface area contributed by atoms with Gasteiger partial charge in [0.05, 0.1) is 6.10 Å². The Hall–Kier alpha value is -0.0800. The lowest BCUT2D eigenvalue weighted by Crippen LogP contribution is -2.34. The SMILES string of the molecule is CNC[C@@H](O)[C@H](CC(C)C)C(C)C. The molecule has 0 rings (SSSR count). The lowest BCUT2D eigenvalue weighted by Gasteiger charge is -2.27. The zero-order chi connectivity index (χ0) is 10.4. The second kappa shape index (κ2) is 6.39. The normalized spacial score (nSPS) is 16.6. The molecule has 0 bridgehead atoms. The summed E-state index contributed by atoms with van der Waals surface area (Å²) in [4.78, 5) is 0. The predicted molar refractivity (Wildman–Crippen MR) is 57.7 cm³/mol. The fourth-order valence-electron chi connectivity index (χ4n) is 1.78. The van der Waals surface area contributed by atoms with Gasteiger partial charge in [-0.2, -0.15) is 0 Å². The predicted octanol–water partition coefficient (Wildman–Crippen LogP) is 1.88. The third-order valence-corrected chi connectivity index (χ3v) is 2.51. The second-order valence-corrected chi connectivity index (χ2v) is 4.66. The Labute approximate surface area is 82.7 Å². The molecule has 0 heterocycles. The number of aliphatic hydroxyl groups excluding tert-OH is 1. The van der Waals surface area contributed by atoms with Gasteiger partial charge in [0.2, 0.25) is 0 Å². The Bertz CT molecular complexity index is 123. The van der Waals surface area contributed by atoms with Crippen molar-refractivity contribution in [3.05, 3.63) is 0 Å². The van der Waals surface area contributed by atoms with Crippen molar-refractivity contribution in [2.24, 2.45) is 17.8 Å². The van der Waals surface area contributed by atoms with Crippen LogP contribution >= 0.6 is 0 Å². The Balaban J connectivity index is 4.07. The number of hydrogen-bond acceptors (Lipinski definition) is 2. The van der Waals surface area contributed by atoms with Gasteiger partial charge < -0.3 is 10.4 Å². The van der Waals surface area contributed by atoms with Crippen molar-refractivity contribution in [1.29, 1.82) is 0 Å². The monoisotopic (exact) mass is 187 g/mol. The summed E-state index contributed by atoms with van der Waals surface area (Å²) in [7, 11) is 1.88. The maximum atomic E-state index is 9.87. The summed E-state index contributed by atoms with van der Waals surface area (Å²) in [5.41, 5.74) is 0. The largest absolute Gasteiger partial charge is 0.392 e. The van der Waals surface area contributed by atoms with Gasteiger partial charge in [-0.1, -0.05) is 27.7 Å². The van der Waals surface area contributed by atoms with Gasteiger partial charge in [-0.15, -0.1) is 0 Å². The topological polar surface area (TPSA) is 32.3 Å². The number of rotatable bonds is 6. The molecule has 0 aliphatic rings. The maximum Gasteiger partial charge on any atom is 0.0695 e. The maximum absolute atomic E-state index is 9.87. The highest BCUT2D eigenvalue weighted by atomic mass is 16.3. The van der Waals surface area contributed by atoms with Crippen LogP contribution in [-0.2, 0) is 0 Å². The number of likely N-dealkylation sites (N-methyl/N-ethyl adjacent to an activating group) is 1. The van der Waals surface area contributed by atoms with Gasteiger partial charge >= 0.3 is 0 Å². The van der Waals surface area contributed by atoms with Crippen molar-refractivity contribution >= 4 is 0 Å². The van der Waals surface area contributed by atoms with Gasteiger partial charge in [0.1, 0.15) is 0 Å². The summed E-state index contributed by atoms with van der Waals surface area (Å²) in [6.07, 6.45) is 0.910. The average molecular weight is 187 g/mol. The Morgan fingerprint density at radius 3 is 2.00 bits per heavy atom. The van der Waals surface area contributed by atoms with Gasteiger partial charge in [-0.3, -0.25) is 0 Å². The van der Waals surface area contributed by atoms with Crippen molar-refractivity contribution in [3.8, 4) is 0 Å². The number of aliphatic hydroxyl groups is 1. The van der Waals surface area contributed by atoms with E-state index in [0.717, 1.165) is 6.42 Å². The van der Waals surface area contributed by atoms with Gasteiger partial charge in [0.25, 0.3) is 0 Å². The van der Waals surface area contributed by atoms with E-state index in [1.807, 2.05) is 7.05 Å². The molecule has 2 atom stereocenters. The van der Waals surface area contributed by atoms with Gasteiger partial charge in [-0.25, -0.2) is 0 Å². The van der Waals surface area contributed by atoms with E-state index in [1.165, 1.54) is 0 Å². The molecule has 13 heavy (non-hydrogen) atoms. The molecule has 2 heteroatoms. The van der Waals surface area contributed by atoms with Crippen LogP contribution in [0, 0.1) is 17.8 Å². The van der Waals surface area contributed by atoms with E-state index in [-0.39, 0.29) is 6.10 Å². The highest BCUT2D eigenvalue weighted by molar-refractivity contribution is 4.74. The molecule has 0 aromatic heterocycles. The summed E-state index contributed by atoms with van der Waals surface area (Å²) in [5, 5.41) is 12.9. The molecule has 0 radical (unpaired) electrons. The van der Waals surface area contributed by atoms with E-state index in [1.54, 1.807) is 0 Å². The number of nitrogens with one attached hydrogen (secondary N) is 1. The van der Waals surface area contributed by atoms with E-state index < -0.39 is 0 Å². The summed E-state index contributed by atoms with van der Waals surface area (Å²) in [6, 6.07) is 0. The van der Waals surface area contributed by atoms with Crippen LogP contribution in [0.4, 0.5) is 0 Å².